The Hall–Kier alpha value is -6.29. The molecule has 10 rings (SSSR count). The van der Waals surface area contributed by atoms with Gasteiger partial charge in [-0.15, -0.1) is 11.3 Å². The van der Waals surface area contributed by atoms with Crippen molar-refractivity contribution in [2.45, 2.75) is 0 Å². The van der Waals surface area contributed by atoms with Crippen LogP contribution in [-0.2, 0) is 0 Å². The van der Waals surface area contributed by atoms with Gasteiger partial charge in [-0.2, -0.15) is 0 Å². The van der Waals surface area contributed by atoms with Crippen LogP contribution < -0.4 is 0 Å². The fourth-order valence-corrected chi connectivity index (χ4v) is 8.28. The summed E-state index contributed by atoms with van der Waals surface area (Å²) < 4.78 is 8.68. The molecule has 234 valence electrons. The van der Waals surface area contributed by atoms with E-state index in [9.17, 15) is 0 Å². The Morgan fingerprint density at radius 1 is 0.340 bits per heavy atom. The standard InChI is InChI=1S/C47H29NOS/c1-2-18-45-40(16-1)41-28-39(20-22-46(41)50-45)37-15-6-13-35(27-37)33-11-4-9-31(25-33)30-8-3-10-32(24-30)34-12-5-14-36(26-34)38-19-21-43-42(29-38)47-44(49-43)17-7-23-48-47/h1-29H. The van der Waals surface area contributed by atoms with Crippen molar-refractivity contribution in [3.63, 3.8) is 0 Å². The van der Waals surface area contributed by atoms with Crippen molar-refractivity contribution >= 4 is 53.6 Å². The number of hydrogen-bond acceptors (Lipinski definition) is 3. The Morgan fingerprint density at radius 3 is 1.40 bits per heavy atom. The van der Waals surface area contributed by atoms with Gasteiger partial charge < -0.3 is 4.42 Å². The zero-order valence-electron chi connectivity index (χ0n) is 27.0. The van der Waals surface area contributed by atoms with Gasteiger partial charge in [0.15, 0.2) is 5.58 Å². The van der Waals surface area contributed by atoms with Crippen LogP contribution in [0.3, 0.4) is 0 Å². The summed E-state index contributed by atoms with van der Waals surface area (Å²) in [5, 5.41) is 3.69. The average Bonchev–Trinajstić information content (AvgIpc) is 3.76. The predicted octanol–water partition coefficient (Wildman–Crippen LogP) is 13.7. The molecule has 3 heterocycles. The molecule has 0 atom stereocenters. The Kier molecular flexibility index (Phi) is 6.71. The smallest absolute Gasteiger partial charge is 0.153 e. The number of thiophene rings is 1. The molecular formula is C47H29NOS. The number of pyridine rings is 1. The summed E-state index contributed by atoms with van der Waals surface area (Å²) in [7, 11) is 0. The van der Waals surface area contributed by atoms with E-state index >= 15 is 0 Å². The van der Waals surface area contributed by atoms with Crippen LogP contribution in [0, 0.1) is 0 Å². The molecule has 0 amide bonds. The third-order valence-corrected chi connectivity index (χ3v) is 10.9. The first kappa shape index (κ1) is 28.7. The number of hydrogen-bond donors (Lipinski definition) is 0. The topological polar surface area (TPSA) is 26.0 Å². The van der Waals surface area contributed by atoms with Crippen LogP contribution in [-0.4, -0.2) is 4.98 Å². The summed E-state index contributed by atoms with van der Waals surface area (Å²) in [5.41, 5.74) is 14.5. The number of rotatable bonds is 5. The minimum atomic E-state index is 0.812. The average molecular weight is 656 g/mol. The van der Waals surface area contributed by atoms with E-state index in [0.717, 1.165) is 33.2 Å². The molecule has 50 heavy (non-hydrogen) atoms. The summed E-state index contributed by atoms with van der Waals surface area (Å²) >= 11 is 1.86. The van der Waals surface area contributed by atoms with Crippen LogP contribution in [0.4, 0.5) is 0 Å². The normalized spacial score (nSPS) is 11.6. The lowest BCUT2D eigenvalue weighted by atomic mass is 9.94. The van der Waals surface area contributed by atoms with Crippen molar-refractivity contribution < 1.29 is 4.42 Å². The van der Waals surface area contributed by atoms with Crippen molar-refractivity contribution in [1.29, 1.82) is 0 Å². The molecule has 0 saturated heterocycles. The van der Waals surface area contributed by atoms with Crippen molar-refractivity contribution in [2.75, 3.05) is 0 Å². The zero-order chi connectivity index (χ0) is 33.0. The summed E-state index contributed by atoms with van der Waals surface area (Å²) in [5.74, 6) is 0. The highest BCUT2D eigenvalue weighted by Gasteiger charge is 2.12. The largest absolute Gasteiger partial charge is 0.454 e. The van der Waals surface area contributed by atoms with Crippen LogP contribution in [0.1, 0.15) is 0 Å². The Labute approximate surface area is 293 Å². The molecule has 0 bridgehead atoms. The molecule has 0 radical (unpaired) electrons. The molecule has 0 saturated carbocycles. The number of furan rings is 1. The number of nitrogens with zero attached hydrogens (tertiary/aromatic N) is 1. The molecule has 10 aromatic rings. The van der Waals surface area contributed by atoms with Gasteiger partial charge in [0.05, 0.1) is 0 Å². The second-order valence-corrected chi connectivity index (χ2v) is 13.9. The van der Waals surface area contributed by atoms with Crippen molar-refractivity contribution in [1.82, 2.24) is 4.98 Å². The Morgan fingerprint density at radius 2 is 0.820 bits per heavy atom. The summed E-state index contributed by atoms with van der Waals surface area (Å²) in [6.07, 6.45) is 1.82. The van der Waals surface area contributed by atoms with Crippen molar-refractivity contribution in [3.05, 3.63) is 176 Å². The van der Waals surface area contributed by atoms with Crippen LogP contribution in [0.15, 0.2) is 180 Å². The molecule has 7 aromatic carbocycles. The predicted molar refractivity (Wildman–Crippen MR) is 212 cm³/mol. The molecule has 3 heteroatoms. The van der Waals surface area contributed by atoms with E-state index in [4.69, 9.17) is 4.42 Å². The highest BCUT2D eigenvalue weighted by atomic mass is 32.1. The lowest BCUT2D eigenvalue weighted by molar-refractivity contribution is 0.668. The van der Waals surface area contributed by atoms with E-state index < -0.39 is 0 Å². The summed E-state index contributed by atoms with van der Waals surface area (Å²) in [6.45, 7) is 0. The van der Waals surface area contributed by atoms with Gasteiger partial charge >= 0.3 is 0 Å². The molecule has 0 unspecified atom stereocenters. The van der Waals surface area contributed by atoms with Gasteiger partial charge in [-0.05, 0) is 122 Å². The fourth-order valence-electron chi connectivity index (χ4n) is 7.20. The van der Waals surface area contributed by atoms with Gasteiger partial charge in [-0.1, -0.05) is 103 Å². The zero-order valence-corrected chi connectivity index (χ0v) is 27.8. The van der Waals surface area contributed by atoms with Crippen LogP contribution >= 0.6 is 11.3 Å². The van der Waals surface area contributed by atoms with E-state index in [1.165, 1.54) is 64.7 Å². The highest BCUT2D eigenvalue weighted by Crippen LogP contribution is 2.38. The molecular weight excluding hydrogens is 627 g/mol. The Balaban J connectivity index is 0.968. The van der Waals surface area contributed by atoms with E-state index in [1.807, 2.05) is 35.7 Å². The minimum Gasteiger partial charge on any atom is -0.454 e. The molecule has 2 nitrogen and oxygen atoms in total. The van der Waals surface area contributed by atoms with Gasteiger partial charge in [-0.3, -0.25) is 4.98 Å². The lowest BCUT2D eigenvalue weighted by Gasteiger charge is -2.11. The van der Waals surface area contributed by atoms with E-state index in [1.54, 1.807) is 0 Å². The summed E-state index contributed by atoms with van der Waals surface area (Å²) in [4.78, 5) is 4.57. The molecule has 3 aromatic heterocycles. The SMILES string of the molecule is c1cc(-c2cccc(-c3cccc(-c4ccc5oc6cccnc6c5c4)c3)c2)cc(-c2cccc(-c3ccc4sc5ccccc5c4c3)c2)c1. The molecule has 0 fully saturated rings. The second kappa shape index (κ2) is 11.7. The minimum absolute atomic E-state index is 0.812. The van der Waals surface area contributed by atoms with Crippen molar-refractivity contribution in [2.24, 2.45) is 0 Å². The van der Waals surface area contributed by atoms with Gasteiger partial charge in [0, 0.05) is 31.8 Å². The Bertz CT molecular complexity index is 2690. The fraction of sp³-hybridized carbons (Fsp3) is 0. The first-order valence-corrected chi connectivity index (χ1v) is 17.7. The molecule has 0 aliphatic rings. The van der Waals surface area contributed by atoms with Crippen LogP contribution in [0.2, 0.25) is 0 Å². The molecule has 0 spiro atoms. The first-order valence-electron chi connectivity index (χ1n) is 16.8. The number of benzene rings is 7. The monoisotopic (exact) mass is 655 g/mol. The molecule has 0 aliphatic carbocycles. The number of aromatic nitrogens is 1. The quantitative estimate of drug-likeness (QED) is 0.184. The van der Waals surface area contributed by atoms with Gasteiger partial charge in [0.25, 0.3) is 0 Å². The summed E-state index contributed by atoms with van der Waals surface area (Å²) in [6, 6.07) is 61.2. The van der Waals surface area contributed by atoms with Crippen LogP contribution in [0.25, 0.3) is 97.9 Å². The third-order valence-electron chi connectivity index (χ3n) is 9.72. The highest BCUT2D eigenvalue weighted by molar-refractivity contribution is 7.25. The number of fused-ring (bicyclic) bond motifs is 6. The maximum Gasteiger partial charge on any atom is 0.153 e. The van der Waals surface area contributed by atoms with E-state index in [-0.39, 0.29) is 0 Å². The lowest BCUT2D eigenvalue weighted by Crippen LogP contribution is -1.85. The molecule has 0 N–H and O–H groups in total. The van der Waals surface area contributed by atoms with E-state index in [0.29, 0.717) is 0 Å². The molecule has 0 aliphatic heterocycles. The van der Waals surface area contributed by atoms with Gasteiger partial charge in [0.2, 0.25) is 0 Å². The van der Waals surface area contributed by atoms with E-state index in [2.05, 4.69) is 157 Å². The maximum atomic E-state index is 6.02. The third kappa shape index (κ3) is 4.99. The van der Waals surface area contributed by atoms with Crippen molar-refractivity contribution in [3.8, 4) is 55.6 Å². The maximum absolute atomic E-state index is 6.02. The van der Waals surface area contributed by atoms with Gasteiger partial charge in [-0.25, -0.2) is 0 Å². The second-order valence-electron chi connectivity index (χ2n) is 12.8. The van der Waals surface area contributed by atoms with Crippen LogP contribution in [0.5, 0.6) is 0 Å². The first-order chi connectivity index (χ1) is 24.7. The van der Waals surface area contributed by atoms with Gasteiger partial charge in [0.1, 0.15) is 11.1 Å².